The smallest absolute Gasteiger partial charge is 0.324 e. The van der Waals surface area contributed by atoms with Crippen molar-refractivity contribution >= 4 is 40.5 Å². The van der Waals surface area contributed by atoms with Crippen LogP contribution in [-0.4, -0.2) is 145 Å². The van der Waals surface area contributed by atoms with Crippen molar-refractivity contribution in [3.63, 3.8) is 0 Å². The second kappa shape index (κ2) is 22.5. The number of hydrogen-bond donors (Lipinski definition) is 3. The van der Waals surface area contributed by atoms with Gasteiger partial charge in [0.2, 0.25) is 17.7 Å². The first kappa shape index (κ1) is 52.1. The number of amides is 4. The molecule has 378 valence electrons. The zero-order valence-electron chi connectivity index (χ0n) is 42.8. The Balaban J connectivity index is 1.25. The molecule has 70 heavy (non-hydrogen) atoms. The van der Waals surface area contributed by atoms with E-state index in [-0.39, 0.29) is 43.1 Å². The van der Waals surface area contributed by atoms with Crippen LogP contribution in [0.4, 0.5) is 0 Å². The molecule has 0 saturated carbocycles. The molecule has 4 amide bonds. The molecule has 0 aliphatic carbocycles. The van der Waals surface area contributed by atoms with E-state index >= 15 is 0 Å². The molecule has 15 heteroatoms. The lowest BCUT2D eigenvalue weighted by molar-refractivity contribution is -0.155. The van der Waals surface area contributed by atoms with Gasteiger partial charge in [0.15, 0.2) is 0 Å². The minimum atomic E-state index is -1.15. The number of carbonyl (C=O) groups is 5. The Bertz CT molecular complexity index is 2550. The molecule has 3 aliphatic heterocycles. The first-order valence-corrected chi connectivity index (χ1v) is 25.2. The topological polar surface area (TPSA) is 166 Å². The van der Waals surface area contributed by atoms with Crippen LogP contribution in [0, 0.1) is 17.3 Å². The fraction of sp³-hybridized carbons (Fsp3) is 0.545. The van der Waals surface area contributed by atoms with E-state index in [9.17, 15) is 29.1 Å². The lowest BCUT2D eigenvalue weighted by Gasteiger charge is -2.37. The van der Waals surface area contributed by atoms with Crippen molar-refractivity contribution in [1.82, 2.24) is 35.0 Å². The maximum Gasteiger partial charge on any atom is 0.324 e. The second-order valence-electron chi connectivity index (χ2n) is 21.0. The molecule has 7 rings (SSSR count). The number of fused-ring (bicyclic) bond motifs is 6. The number of likely N-dealkylation sites (tertiary alicyclic amines) is 1. The second-order valence-corrected chi connectivity index (χ2v) is 21.0. The molecule has 0 spiro atoms. The number of rotatable bonds is 14. The van der Waals surface area contributed by atoms with Gasteiger partial charge in [0, 0.05) is 75.1 Å². The van der Waals surface area contributed by atoms with E-state index in [4.69, 9.17) is 9.47 Å². The van der Waals surface area contributed by atoms with Gasteiger partial charge in [-0.1, -0.05) is 64.1 Å². The van der Waals surface area contributed by atoms with Crippen LogP contribution in [0.15, 0.2) is 60.7 Å². The zero-order chi connectivity index (χ0) is 50.4. The molecule has 1 unspecified atom stereocenters. The zero-order valence-corrected chi connectivity index (χ0v) is 42.8. The van der Waals surface area contributed by atoms with Crippen molar-refractivity contribution in [3.05, 3.63) is 77.4 Å². The molecule has 0 radical (unpaired) electrons. The van der Waals surface area contributed by atoms with Gasteiger partial charge < -0.3 is 39.2 Å². The van der Waals surface area contributed by atoms with Crippen LogP contribution in [0.5, 0.6) is 5.75 Å². The first-order valence-electron chi connectivity index (χ1n) is 25.2. The average Bonchev–Trinajstić information content (AvgIpc) is 3.94. The van der Waals surface area contributed by atoms with Crippen LogP contribution < -0.4 is 10.7 Å². The van der Waals surface area contributed by atoms with Crippen LogP contribution in [0.1, 0.15) is 83.4 Å². The highest BCUT2D eigenvalue weighted by atomic mass is 16.5. The normalized spacial score (nSPS) is 20.1. The number of cyclic esters (lactones) is 1. The summed E-state index contributed by atoms with van der Waals surface area (Å²) in [5.74, 6) is -2.43. The van der Waals surface area contributed by atoms with Gasteiger partial charge >= 0.3 is 5.97 Å². The molecule has 6 bridgehead atoms. The van der Waals surface area contributed by atoms with Gasteiger partial charge in [0.25, 0.3) is 5.91 Å². The molecule has 2 saturated heterocycles. The SMILES string of the molecule is CCn1c(-c2ccccc2CCOC)c2c3cc(ccc31)-c1cc(O)cc(c1)C[C@H](NC(=O)C(C(C)C)N(C)C(=O)[C@H]1CCN(C(=O)CCCN(C)C)C1)C(=O)N1CCC[C@H](N1)C(=O)OCC(C)(C)C2. The summed E-state index contributed by atoms with van der Waals surface area (Å²) in [6.45, 7) is 13.3. The van der Waals surface area contributed by atoms with E-state index in [0.717, 1.165) is 58.2 Å². The molecular weight excluding hydrogens is 887 g/mol. The number of hydrazine groups is 1. The Morgan fingerprint density at radius 1 is 1.00 bits per heavy atom. The van der Waals surface area contributed by atoms with Gasteiger partial charge in [-0.2, -0.15) is 0 Å². The number of phenolic OH excluding ortho intramolecular Hbond substituents is 1. The monoisotopic (exact) mass is 962 g/mol. The van der Waals surface area contributed by atoms with Crippen molar-refractivity contribution < 1.29 is 38.6 Å². The van der Waals surface area contributed by atoms with Gasteiger partial charge in [0.05, 0.1) is 24.8 Å². The summed E-state index contributed by atoms with van der Waals surface area (Å²) >= 11 is 0. The van der Waals surface area contributed by atoms with Crippen molar-refractivity contribution in [2.24, 2.45) is 17.3 Å². The maximum absolute atomic E-state index is 14.8. The minimum Gasteiger partial charge on any atom is -0.508 e. The number of aromatic nitrogens is 1. The number of likely N-dealkylation sites (N-methyl/N-ethyl adjacent to an activating group) is 1. The van der Waals surface area contributed by atoms with Gasteiger partial charge in [-0.25, -0.2) is 5.43 Å². The Morgan fingerprint density at radius 2 is 1.77 bits per heavy atom. The van der Waals surface area contributed by atoms with E-state index in [0.29, 0.717) is 63.9 Å². The lowest BCUT2D eigenvalue weighted by Crippen LogP contribution is -2.62. The summed E-state index contributed by atoms with van der Waals surface area (Å²) in [5, 5.41) is 16.9. The maximum atomic E-state index is 14.8. The highest BCUT2D eigenvalue weighted by molar-refractivity contribution is 5.96. The van der Waals surface area contributed by atoms with Crippen LogP contribution >= 0.6 is 0 Å². The summed E-state index contributed by atoms with van der Waals surface area (Å²) in [6.07, 6.45) is 3.93. The summed E-state index contributed by atoms with van der Waals surface area (Å²) in [4.78, 5) is 75.9. The fourth-order valence-corrected chi connectivity index (χ4v) is 10.7. The first-order chi connectivity index (χ1) is 33.4. The average molecular weight is 962 g/mol. The van der Waals surface area contributed by atoms with Crippen molar-refractivity contribution in [3.8, 4) is 28.1 Å². The summed E-state index contributed by atoms with van der Waals surface area (Å²) in [5.41, 5.74) is 10.4. The minimum absolute atomic E-state index is 0.00542. The molecular formula is C55H75N7O8. The standard InChI is InChI=1S/C55H75N7O8/c1-10-61-47-20-19-38-31-43(47)44(50(61)42-16-12-11-15-37(42)22-26-69-9)32-55(4,5)34-70-54(68)45-17-13-24-62(57-45)53(67)46(29-36-27-40(38)30-41(63)28-36)56-51(65)49(35(2)3)59(8)52(66)39-21-25-60(33-39)48(64)18-14-23-58(6)7/h11-12,15-16,19-20,27-28,30-31,35,39,45-46,49,57,63H,10,13-14,17-18,21-26,29,32-34H2,1-9H3,(H,56,65)/t39-,45-,46-,49?/m0/s1. The third-order valence-electron chi connectivity index (χ3n) is 14.2. The van der Waals surface area contributed by atoms with Crippen LogP contribution in [0.2, 0.25) is 0 Å². The number of benzene rings is 3. The van der Waals surface area contributed by atoms with E-state index in [1.165, 1.54) is 15.5 Å². The van der Waals surface area contributed by atoms with E-state index in [1.807, 2.05) is 38.9 Å². The molecule has 4 heterocycles. The number of esters is 1. The van der Waals surface area contributed by atoms with Gasteiger partial charge in [-0.3, -0.25) is 29.0 Å². The predicted octanol–water partition coefficient (Wildman–Crippen LogP) is 6.21. The predicted molar refractivity (Wildman–Crippen MR) is 272 cm³/mol. The Labute approximate surface area is 413 Å². The summed E-state index contributed by atoms with van der Waals surface area (Å²) in [6, 6.07) is 17.2. The number of carbonyl (C=O) groups excluding carboxylic acids is 5. The Morgan fingerprint density at radius 3 is 2.50 bits per heavy atom. The van der Waals surface area contributed by atoms with E-state index < -0.39 is 47.2 Å². The summed E-state index contributed by atoms with van der Waals surface area (Å²) < 4.78 is 14.0. The molecule has 15 nitrogen and oxygen atoms in total. The number of ether oxygens (including phenoxy) is 2. The number of nitrogens with one attached hydrogen (secondary N) is 2. The molecule has 2 fully saturated rings. The molecule has 3 aromatic carbocycles. The molecule has 4 aromatic rings. The fourth-order valence-electron chi connectivity index (χ4n) is 10.7. The number of aryl methyl sites for hydroxylation is 1. The van der Waals surface area contributed by atoms with E-state index in [2.05, 4.69) is 78.5 Å². The summed E-state index contributed by atoms with van der Waals surface area (Å²) in [7, 11) is 7.27. The Hall–Kier alpha value is -5.77. The number of methoxy groups -OCH3 is 1. The third-order valence-corrected chi connectivity index (χ3v) is 14.2. The molecule has 1 aromatic heterocycles. The highest BCUT2D eigenvalue weighted by Crippen LogP contribution is 2.41. The van der Waals surface area contributed by atoms with Gasteiger partial charge in [0.1, 0.15) is 23.9 Å². The van der Waals surface area contributed by atoms with Crippen molar-refractivity contribution in [2.75, 3.05) is 67.6 Å². The van der Waals surface area contributed by atoms with E-state index in [1.54, 1.807) is 31.2 Å². The number of aromatic hydroxyl groups is 1. The van der Waals surface area contributed by atoms with Gasteiger partial charge in [-0.15, -0.1) is 0 Å². The molecule has 4 atom stereocenters. The Kier molecular flexibility index (Phi) is 16.8. The molecule has 3 N–H and O–H groups in total. The number of hydrogen-bond acceptors (Lipinski definition) is 10. The van der Waals surface area contributed by atoms with Crippen LogP contribution in [0.3, 0.4) is 0 Å². The highest BCUT2D eigenvalue weighted by Gasteiger charge is 2.40. The van der Waals surface area contributed by atoms with Crippen LogP contribution in [0.25, 0.3) is 33.3 Å². The van der Waals surface area contributed by atoms with Crippen molar-refractivity contribution in [1.29, 1.82) is 0 Å². The quantitative estimate of drug-likeness (QED) is 0.124. The molecule has 3 aliphatic rings. The van der Waals surface area contributed by atoms with Crippen LogP contribution in [-0.2, 0) is 59.3 Å². The number of nitrogens with zero attached hydrogens (tertiary/aromatic N) is 5. The van der Waals surface area contributed by atoms with Gasteiger partial charge in [-0.05, 0) is 124 Å². The third kappa shape index (κ3) is 11.9. The largest absolute Gasteiger partial charge is 0.508 e. The van der Waals surface area contributed by atoms with Crippen molar-refractivity contribution in [2.45, 2.75) is 111 Å². The number of phenols is 1. The lowest BCUT2D eigenvalue weighted by atomic mass is 9.83.